The number of nitrogens with zero attached hydrogens (tertiary/aromatic N) is 2. The lowest BCUT2D eigenvalue weighted by molar-refractivity contribution is -0.384. The van der Waals surface area contributed by atoms with Gasteiger partial charge < -0.3 is 9.67 Å². The summed E-state index contributed by atoms with van der Waals surface area (Å²) >= 11 is 5.92. The summed E-state index contributed by atoms with van der Waals surface area (Å²) in [7, 11) is 1.55. The molecule has 0 saturated carbocycles. The van der Waals surface area contributed by atoms with Crippen LogP contribution in [0.15, 0.2) is 17.1 Å². The molecule has 2 aromatic rings. The molecule has 0 spiro atoms. The molecule has 1 N–H and O–H groups in total. The first-order valence-electron chi connectivity index (χ1n) is 5.45. The molecule has 104 valence electrons. The van der Waals surface area contributed by atoms with Gasteiger partial charge in [0, 0.05) is 19.3 Å². The number of rotatable bonds is 2. The average molecular weight is 297 g/mol. The van der Waals surface area contributed by atoms with E-state index in [0.29, 0.717) is 11.1 Å². The summed E-state index contributed by atoms with van der Waals surface area (Å²) in [5.74, 6) is -1.39. The van der Waals surface area contributed by atoms with Gasteiger partial charge >= 0.3 is 5.97 Å². The number of halogens is 1. The second-order valence-electron chi connectivity index (χ2n) is 4.28. The van der Waals surface area contributed by atoms with Gasteiger partial charge in [-0.3, -0.25) is 14.9 Å². The van der Waals surface area contributed by atoms with Crippen molar-refractivity contribution in [3.63, 3.8) is 0 Å². The first-order valence-corrected chi connectivity index (χ1v) is 5.83. The monoisotopic (exact) mass is 296 g/mol. The molecule has 0 aliphatic rings. The molecule has 7 nitrogen and oxygen atoms in total. The molecule has 0 unspecified atom stereocenters. The summed E-state index contributed by atoms with van der Waals surface area (Å²) in [6.07, 6.45) is 1.17. The van der Waals surface area contributed by atoms with E-state index in [2.05, 4.69) is 0 Å². The van der Waals surface area contributed by atoms with Gasteiger partial charge in [-0.1, -0.05) is 11.6 Å². The second-order valence-corrected chi connectivity index (χ2v) is 4.65. The average Bonchev–Trinajstić information content (AvgIpc) is 2.36. The van der Waals surface area contributed by atoms with Gasteiger partial charge in [0.15, 0.2) is 0 Å². The Bertz CT molecular complexity index is 825. The zero-order valence-corrected chi connectivity index (χ0v) is 11.3. The SMILES string of the molecule is Cc1c(Cl)c([N+](=O)[O-])cc2c(=O)c(C(=O)O)cn(C)c12. The molecule has 0 saturated heterocycles. The van der Waals surface area contributed by atoms with Crippen molar-refractivity contribution in [1.82, 2.24) is 4.57 Å². The van der Waals surface area contributed by atoms with Gasteiger partial charge in [0.05, 0.1) is 15.8 Å². The van der Waals surface area contributed by atoms with Crippen molar-refractivity contribution in [3.8, 4) is 0 Å². The third kappa shape index (κ3) is 1.92. The van der Waals surface area contributed by atoms with E-state index < -0.39 is 27.6 Å². The fourth-order valence-corrected chi connectivity index (χ4v) is 2.35. The number of carboxylic acid groups (broad SMARTS) is 1. The molecule has 0 amide bonds. The maximum absolute atomic E-state index is 12.1. The fraction of sp³-hybridized carbons (Fsp3) is 0.167. The number of nitro benzene ring substituents is 1. The lowest BCUT2D eigenvalue weighted by Gasteiger charge is -2.11. The third-order valence-electron chi connectivity index (χ3n) is 3.04. The summed E-state index contributed by atoms with van der Waals surface area (Å²) < 4.78 is 1.42. The van der Waals surface area contributed by atoms with E-state index in [1.165, 1.54) is 17.7 Å². The summed E-state index contributed by atoms with van der Waals surface area (Å²) in [5, 5.41) is 19.8. The number of hydrogen-bond acceptors (Lipinski definition) is 4. The number of aryl methyl sites for hydroxylation is 2. The van der Waals surface area contributed by atoms with Crippen molar-refractivity contribution in [1.29, 1.82) is 0 Å². The minimum absolute atomic E-state index is 0.0407. The van der Waals surface area contributed by atoms with Crippen LogP contribution >= 0.6 is 11.6 Å². The van der Waals surface area contributed by atoms with E-state index in [9.17, 15) is 19.7 Å². The molecule has 0 atom stereocenters. The standard InChI is InChI=1S/C12H9ClN2O5/c1-5-9(13)8(15(19)20)3-6-10(5)14(2)4-7(11(6)16)12(17)18/h3-4H,1-2H3,(H,17,18). The minimum atomic E-state index is -1.39. The van der Waals surface area contributed by atoms with Gasteiger partial charge in [0.1, 0.15) is 10.6 Å². The lowest BCUT2D eigenvalue weighted by Crippen LogP contribution is -2.18. The first-order chi connectivity index (χ1) is 9.25. The number of carbonyl (C=O) groups is 1. The smallest absolute Gasteiger partial charge is 0.341 e. The molecule has 2 rings (SSSR count). The Labute approximate surface area is 117 Å². The molecule has 1 aromatic heterocycles. The quantitative estimate of drug-likeness (QED) is 0.675. The van der Waals surface area contributed by atoms with Crippen LogP contribution in [0.25, 0.3) is 10.9 Å². The molecule has 20 heavy (non-hydrogen) atoms. The van der Waals surface area contributed by atoms with E-state index in [1.54, 1.807) is 7.05 Å². The van der Waals surface area contributed by atoms with Gasteiger partial charge in [-0.25, -0.2) is 4.79 Å². The molecule has 0 bridgehead atoms. The number of carboxylic acids is 1. The Balaban J connectivity index is 3.08. The Morgan fingerprint density at radius 2 is 2.10 bits per heavy atom. The topological polar surface area (TPSA) is 102 Å². The van der Waals surface area contributed by atoms with Gasteiger partial charge in [0.25, 0.3) is 5.69 Å². The summed E-state index contributed by atoms with van der Waals surface area (Å²) in [4.78, 5) is 33.3. The molecular formula is C12H9ClN2O5. The van der Waals surface area contributed by atoms with Crippen LogP contribution < -0.4 is 5.43 Å². The van der Waals surface area contributed by atoms with Crippen LogP contribution in [0.1, 0.15) is 15.9 Å². The fourth-order valence-electron chi connectivity index (χ4n) is 2.14. The third-order valence-corrected chi connectivity index (χ3v) is 3.51. The van der Waals surface area contributed by atoms with Crippen LogP contribution in [0.2, 0.25) is 5.02 Å². The minimum Gasteiger partial charge on any atom is -0.477 e. The van der Waals surface area contributed by atoms with Crippen molar-refractivity contribution in [3.05, 3.63) is 48.8 Å². The highest BCUT2D eigenvalue weighted by Crippen LogP contribution is 2.33. The summed E-state index contributed by atoms with van der Waals surface area (Å²) in [6, 6.07) is 1.01. The van der Waals surface area contributed by atoms with Crippen molar-refractivity contribution in [2.75, 3.05) is 0 Å². The van der Waals surface area contributed by atoms with E-state index in [-0.39, 0.29) is 10.4 Å². The number of aromatic nitrogens is 1. The van der Waals surface area contributed by atoms with Gasteiger partial charge in [-0.15, -0.1) is 0 Å². The second kappa shape index (κ2) is 4.61. The van der Waals surface area contributed by atoms with Crippen LogP contribution in [0, 0.1) is 17.0 Å². The van der Waals surface area contributed by atoms with Crippen molar-refractivity contribution >= 4 is 34.2 Å². The Hall–Kier alpha value is -2.41. The molecule has 8 heteroatoms. The van der Waals surface area contributed by atoms with Crippen molar-refractivity contribution in [2.24, 2.45) is 7.05 Å². The largest absolute Gasteiger partial charge is 0.477 e. The zero-order chi connectivity index (χ0) is 15.2. The highest BCUT2D eigenvalue weighted by Gasteiger charge is 2.22. The first kappa shape index (κ1) is 14.0. The van der Waals surface area contributed by atoms with Crippen LogP contribution in [0.5, 0.6) is 0 Å². The summed E-state index contributed by atoms with van der Waals surface area (Å²) in [6.45, 7) is 1.54. The number of aromatic carboxylic acids is 1. The van der Waals surface area contributed by atoms with Crippen LogP contribution in [-0.2, 0) is 7.05 Å². The van der Waals surface area contributed by atoms with Crippen molar-refractivity contribution in [2.45, 2.75) is 6.92 Å². The summed E-state index contributed by atoms with van der Waals surface area (Å²) in [5.41, 5.74) is -0.913. The molecule has 0 fully saturated rings. The Morgan fingerprint density at radius 1 is 1.50 bits per heavy atom. The van der Waals surface area contributed by atoms with E-state index in [1.807, 2.05) is 0 Å². The van der Waals surface area contributed by atoms with Gasteiger partial charge in [0.2, 0.25) is 5.43 Å². The Morgan fingerprint density at radius 3 is 2.60 bits per heavy atom. The number of fused-ring (bicyclic) bond motifs is 1. The van der Waals surface area contributed by atoms with Crippen LogP contribution in [0.4, 0.5) is 5.69 Å². The van der Waals surface area contributed by atoms with Crippen molar-refractivity contribution < 1.29 is 14.8 Å². The predicted molar refractivity (Wildman–Crippen MR) is 72.5 cm³/mol. The zero-order valence-electron chi connectivity index (χ0n) is 10.5. The molecule has 0 radical (unpaired) electrons. The normalized spacial score (nSPS) is 10.8. The highest BCUT2D eigenvalue weighted by molar-refractivity contribution is 6.34. The Kier molecular flexibility index (Phi) is 3.23. The number of nitro groups is 1. The van der Waals surface area contributed by atoms with E-state index in [0.717, 1.165) is 6.07 Å². The number of benzene rings is 1. The van der Waals surface area contributed by atoms with Crippen LogP contribution in [-0.4, -0.2) is 20.6 Å². The maximum atomic E-state index is 12.1. The van der Waals surface area contributed by atoms with Crippen LogP contribution in [0.3, 0.4) is 0 Å². The van der Waals surface area contributed by atoms with E-state index >= 15 is 0 Å². The number of pyridine rings is 1. The molecule has 1 aromatic carbocycles. The lowest BCUT2D eigenvalue weighted by atomic mass is 10.1. The maximum Gasteiger partial charge on any atom is 0.341 e. The highest BCUT2D eigenvalue weighted by atomic mass is 35.5. The predicted octanol–water partition coefficient (Wildman–Crippen LogP) is 2.11. The molecule has 0 aliphatic heterocycles. The molecule has 1 heterocycles. The van der Waals surface area contributed by atoms with Gasteiger partial charge in [-0.05, 0) is 12.5 Å². The number of hydrogen-bond donors (Lipinski definition) is 1. The van der Waals surface area contributed by atoms with Gasteiger partial charge in [-0.2, -0.15) is 0 Å². The molecule has 0 aliphatic carbocycles. The molecular weight excluding hydrogens is 288 g/mol. The van der Waals surface area contributed by atoms with E-state index in [4.69, 9.17) is 16.7 Å².